The van der Waals surface area contributed by atoms with E-state index in [9.17, 15) is 4.79 Å². The van der Waals surface area contributed by atoms with E-state index in [-0.39, 0.29) is 12.0 Å². The maximum atomic E-state index is 10.9. The molecule has 0 heterocycles. The van der Waals surface area contributed by atoms with E-state index < -0.39 is 0 Å². The molecule has 5 N–H and O–H groups in total. The lowest BCUT2D eigenvalue weighted by atomic mass is 10.6. The number of amides is 2. The third-order valence-electron chi connectivity index (χ3n) is 1.19. The van der Waals surface area contributed by atoms with Crippen LogP contribution in [0.5, 0.6) is 0 Å². The molecule has 0 aromatic rings. The van der Waals surface area contributed by atoms with Gasteiger partial charge in [0.2, 0.25) is 5.96 Å². The van der Waals surface area contributed by atoms with Gasteiger partial charge >= 0.3 is 6.03 Å². The first-order chi connectivity index (χ1) is 6.07. The van der Waals surface area contributed by atoms with Gasteiger partial charge in [-0.05, 0) is 0 Å². The highest BCUT2D eigenvalue weighted by molar-refractivity contribution is 5.76. The minimum atomic E-state index is -0.189. The molecule has 0 saturated carbocycles. The Morgan fingerprint density at radius 2 is 2.23 bits per heavy atom. The Bertz CT molecular complexity index is 191. The number of nitrogens with two attached hydrogens (primary N) is 1. The van der Waals surface area contributed by atoms with Crippen LogP contribution in [-0.4, -0.2) is 49.3 Å². The third kappa shape index (κ3) is 5.74. The van der Waals surface area contributed by atoms with Gasteiger partial charge in [0.25, 0.3) is 0 Å². The molecule has 7 nitrogen and oxygen atoms in total. The summed E-state index contributed by atoms with van der Waals surface area (Å²) < 4.78 is 0. The van der Waals surface area contributed by atoms with Crippen LogP contribution in [0.15, 0.2) is 4.99 Å². The van der Waals surface area contributed by atoms with Gasteiger partial charge in [0.1, 0.15) is 0 Å². The van der Waals surface area contributed by atoms with Gasteiger partial charge in [0.15, 0.2) is 0 Å². The van der Waals surface area contributed by atoms with Crippen LogP contribution < -0.4 is 16.5 Å². The molecule has 7 heteroatoms. The first kappa shape index (κ1) is 11.5. The number of hydrogen-bond acceptors (Lipinski definition) is 3. The van der Waals surface area contributed by atoms with E-state index in [0.717, 1.165) is 0 Å². The maximum absolute atomic E-state index is 10.9. The van der Waals surface area contributed by atoms with Crippen molar-refractivity contribution in [3.8, 4) is 0 Å². The summed E-state index contributed by atoms with van der Waals surface area (Å²) in [4.78, 5) is 16.0. The van der Waals surface area contributed by atoms with Crippen molar-refractivity contribution in [3.05, 3.63) is 0 Å². The zero-order valence-electron chi connectivity index (χ0n) is 7.74. The molecule has 0 saturated heterocycles. The van der Waals surface area contributed by atoms with E-state index in [1.54, 1.807) is 19.6 Å². The van der Waals surface area contributed by atoms with E-state index in [0.29, 0.717) is 13.1 Å². The minimum absolute atomic E-state index is 0.0703. The van der Waals surface area contributed by atoms with Gasteiger partial charge in [0.05, 0.1) is 6.54 Å². The Balaban J connectivity index is 3.52. The van der Waals surface area contributed by atoms with Gasteiger partial charge in [-0.25, -0.2) is 15.3 Å². The van der Waals surface area contributed by atoms with Crippen LogP contribution in [0, 0.1) is 0 Å². The largest absolute Gasteiger partial charge is 0.368 e. The van der Waals surface area contributed by atoms with Gasteiger partial charge in [-0.3, -0.25) is 5.21 Å². The molecule has 0 aromatic carbocycles. The van der Waals surface area contributed by atoms with Gasteiger partial charge < -0.3 is 16.0 Å². The molecule has 0 unspecified atom stereocenters. The molecule has 0 aliphatic carbocycles. The Labute approximate surface area is 76.6 Å². The average Bonchev–Trinajstić information content (AvgIpc) is 2.11. The Hall–Kier alpha value is -1.50. The normalized spacial score (nSPS) is 10.8. The Morgan fingerprint density at radius 1 is 1.62 bits per heavy atom. The number of hydroxylamine groups is 1. The van der Waals surface area contributed by atoms with Crippen molar-refractivity contribution in [2.24, 2.45) is 10.7 Å². The standard InChI is InChI=1S/C6H15N5O2/c1-11(2)6(12)9-4-3-8-5(7)10-13/h13H,3-4H2,1-2H3,(H,9,12)(H3,7,8,10). The molecular formula is C6H15N5O2. The summed E-state index contributed by atoms with van der Waals surface area (Å²) in [5.74, 6) is -0.0703. The molecule has 0 bridgehead atoms. The molecule has 13 heavy (non-hydrogen) atoms. The van der Waals surface area contributed by atoms with E-state index in [1.807, 2.05) is 0 Å². The fourth-order valence-corrected chi connectivity index (χ4v) is 0.533. The number of carbonyl (C=O) groups excluding carboxylic acids is 1. The summed E-state index contributed by atoms with van der Waals surface area (Å²) in [7, 11) is 3.28. The molecule has 0 atom stereocenters. The van der Waals surface area contributed by atoms with Crippen molar-refractivity contribution in [1.29, 1.82) is 0 Å². The number of hydrogen-bond donors (Lipinski definition) is 4. The van der Waals surface area contributed by atoms with Gasteiger partial charge in [-0.1, -0.05) is 0 Å². The number of nitrogens with one attached hydrogen (secondary N) is 2. The second kappa shape index (κ2) is 6.06. The number of nitrogens with zero attached hydrogens (tertiary/aromatic N) is 2. The molecule has 0 aromatic heterocycles. The summed E-state index contributed by atoms with van der Waals surface area (Å²) in [6.07, 6.45) is 0. The lowest BCUT2D eigenvalue weighted by Gasteiger charge is -2.10. The Kier molecular flexibility index (Phi) is 5.37. The van der Waals surface area contributed by atoms with E-state index in [4.69, 9.17) is 10.9 Å². The monoisotopic (exact) mass is 189 g/mol. The van der Waals surface area contributed by atoms with Gasteiger partial charge in [-0.2, -0.15) is 0 Å². The SMILES string of the molecule is CN(C)C(=O)NCCN=C(N)NO. The topological polar surface area (TPSA) is 103 Å². The molecule has 0 aliphatic rings. The van der Waals surface area contributed by atoms with Crippen LogP contribution in [0.4, 0.5) is 4.79 Å². The molecule has 2 amide bonds. The molecule has 0 radical (unpaired) electrons. The second-order valence-corrected chi connectivity index (χ2v) is 2.51. The number of guanidine groups is 1. The van der Waals surface area contributed by atoms with Crippen molar-refractivity contribution in [3.63, 3.8) is 0 Å². The summed E-state index contributed by atoms with van der Waals surface area (Å²) in [5, 5.41) is 10.8. The fourth-order valence-electron chi connectivity index (χ4n) is 0.533. The predicted octanol–water partition coefficient (Wildman–Crippen LogP) is -1.45. The lowest BCUT2D eigenvalue weighted by molar-refractivity contribution is 0.217. The molecular weight excluding hydrogens is 174 g/mol. The van der Waals surface area contributed by atoms with Crippen LogP contribution in [0.25, 0.3) is 0 Å². The zero-order valence-corrected chi connectivity index (χ0v) is 7.74. The van der Waals surface area contributed by atoms with Crippen LogP contribution in [-0.2, 0) is 0 Å². The predicted molar refractivity (Wildman–Crippen MR) is 48.5 cm³/mol. The van der Waals surface area contributed by atoms with Crippen molar-refractivity contribution >= 4 is 12.0 Å². The van der Waals surface area contributed by atoms with Crippen LogP contribution in [0.1, 0.15) is 0 Å². The quantitative estimate of drug-likeness (QED) is 0.189. The van der Waals surface area contributed by atoms with E-state index in [1.165, 1.54) is 4.90 Å². The number of urea groups is 1. The summed E-state index contributed by atoms with van der Waals surface area (Å²) >= 11 is 0. The maximum Gasteiger partial charge on any atom is 0.316 e. The lowest BCUT2D eigenvalue weighted by Crippen LogP contribution is -2.36. The minimum Gasteiger partial charge on any atom is -0.368 e. The fraction of sp³-hybridized carbons (Fsp3) is 0.667. The average molecular weight is 189 g/mol. The zero-order chi connectivity index (χ0) is 10.3. The van der Waals surface area contributed by atoms with Gasteiger partial charge in [-0.15, -0.1) is 0 Å². The summed E-state index contributed by atoms with van der Waals surface area (Å²) in [6.45, 7) is 0.693. The summed E-state index contributed by atoms with van der Waals surface area (Å²) in [6, 6.07) is -0.189. The van der Waals surface area contributed by atoms with Crippen molar-refractivity contribution < 1.29 is 10.0 Å². The first-order valence-electron chi connectivity index (χ1n) is 3.73. The Morgan fingerprint density at radius 3 is 2.69 bits per heavy atom. The molecule has 76 valence electrons. The van der Waals surface area contributed by atoms with E-state index >= 15 is 0 Å². The van der Waals surface area contributed by atoms with Crippen LogP contribution >= 0.6 is 0 Å². The van der Waals surface area contributed by atoms with Crippen molar-refractivity contribution in [1.82, 2.24) is 15.7 Å². The van der Waals surface area contributed by atoms with Gasteiger partial charge in [0, 0.05) is 20.6 Å². The van der Waals surface area contributed by atoms with Crippen LogP contribution in [0.3, 0.4) is 0 Å². The molecule has 0 fully saturated rings. The number of rotatable bonds is 3. The smallest absolute Gasteiger partial charge is 0.316 e. The highest BCUT2D eigenvalue weighted by Crippen LogP contribution is 1.76. The molecule has 0 rings (SSSR count). The number of aliphatic imine (C=N–C) groups is 1. The van der Waals surface area contributed by atoms with Crippen molar-refractivity contribution in [2.45, 2.75) is 0 Å². The highest BCUT2D eigenvalue weighted by Gasteiger charge is 1.99. The first-order valence-corrected chi connectivity index (χ1v) is 3.73. The van der Waals surface area contributed by atoms with E-state index in [2.05, 4.69) is 10.3 Å². The number of carbonyl (C=O) groups is 1. The van der Waals surface area contributed by atoms with Crippen molar-refractivity contribution in [2.75, 3.05) is 27.2 Å². The molecule has 0 aliphatic heterocycles. The highest BCUT2D eigenvalue weighted by atomic mass is 16.5. The second-order valence-electron chi connectivity index (χ2n) is 2.51. The van der Waals surface area contributed by atoms with Crippen LogP contribution in [0.2, 0.25) is 0 Å². The third-order valence-corrected chi connectivity index (χ3v) is 1.19. The molecule has 0 spiro atoms. The summed E-state index contributed by atoms with van der Waals surface area (Å²) in [5.41, 5.74) is 6.80.